The van der Waals surface area contributed by atoms with Gasteiger partial charge in [-0.05, 0) is 25.0 Å². The van der Waals surface area contributed by atoms with Crippen LogP contribution >= 0.6 is 0 Å². The van der Waals surface area contributed by atoms with Gasteiger partial charge in [-0.1, -0.05) is 0 Å². The molecule has 0 saturated heterocycles. The fourth-order valence-electron chi connectivity index (χ4n) is 1.06. The number of pyridine rings is 1. The van der Waals surface area contributed by atoms with Gasteiger partial charge in [0.1, 0.15) is 0 Å². The van der Waals surface area contributed by atoms with Gasteiger partial charge in [0, 0.05) is 12.8 Å². The predicted molar refractivity (Wildman–Crippen MR) is 53.0 cm³/mol. The van der Waals surface area contributed by atoms with E-state index in [1.165, 1.54) is 6.20 Å². The van der Waals surface area contributed by atoms with Crippen molar-refractivity contribution in [2.75, 3.05) is 13.2 Å². The molecule has 0 aliphatic rings. The number of carbonyl (C=O) groups is 1. The molecule has 5 nitrogen and oxygen atoms in total. The van der Waals surface area contributed by atoms with Crippen molar-refractivity contribution in [2.24, 2.45) is 0 Å². The average molecular weight is 211 g/mol. The number of aromatic nitrogens is 1. The number of aromatic carboxylic acids is 1. The summed E-state index contributed by atoms with van der Waals surface area (Å²) in [6.45, 7) is 0.495. The van der Waals surface area contributed by atoms with Gasteiger partial charge in [-0.25, -0.2) is 9.78 Å². The van der Waals surface area contributed by atoms with Gasteiger partial charge >= 0.3 is 5.97 Å². The molecular formula is C10H13NO4. The van der Waals surface area contributed by atoms with Gasteiger partial charge in [-0.3, -0.25) is 0 Å². The maximum Gasteiger partial charge on any atom is 0.358 e. The van der Waals surface area contributed by atoms with E-state index in [1.807, 2.05) is 0 Å². The van der Waals surface area contributed by atoms with E-state index in [0.29, 0.717) is 19.4 Å². The van der Waals surface area contributed by atoms with Crippen molar-refractivity contribution in [3.63, 3.8) is 0 Å². The van der Waals surface area contributed by atoms with Crippen molar-refractivity contribution in [2.45, 2.75) is 12.8 Å². The molecule has 0 saturated carbocycles. The number of rotatable bonds is 6. The van der Waals surface area contributed by atoms with Crippen LogP contribution in [0.25, 0.3) is 0 Å². The summed E-state index contributed by atoms with van der Waals surface area (Å²) in [5.74, 6) is -0.837. The minimum absolute atomic E-state index is 0.0819. The van der Waals surface area contributed by atoms with Crippen molar-refractivity contribution in [3.8, 4) is 5.75 Å². The number of ether oxygens (including phenoxy) is 1. The van der Waals surface area contributed by atoms with E-state index in [0.717, 1.165) is 0 Å². The summed E-state index contributed by atoms with van der Waals surface area (Å²) < 4.78 is 5.25. The van der Waals surface area contributed by atoms with E-state index in [2.05, 4.69) is 4.98 Å². The van der Waals surface area contributed by atoms with E-state index in [1.54, 1.807) is 12.1 Å². The van der Waals surface area contributed by atoms with Crippen molar-refractivity contribution in [3.05, 3.63) is 24.0 Å². The highest BCUT2D eigenvalue weighted by molar-refractivity contribution is 5.88. The van der Waals surface area contributed by atoms with Gasteiger partial charge in [0.15, 0.2) is 11.4 Å². The third kappa shape index (κ3) is 3.55. The SMILES string of the molecule is O=C(O)c1ncccc1OCCCCO. The molecular weight excluding hydrogens is 198 g/mol. The van der Waals surface area contributed by atoms with Crippen LogP contribution in [0.1, 0.15) is 23.3 Å². The molecule has 0 spiro atoms. The first kappa shape index (κ1) is 11.5. The zero-order valence-electron chi connectivity index (χ0n) is 8.22. The fourth-order valence-corrected chi connectivity index (χ4v) is 1.06. The number of carboxylic acid groups (broad SMARTS) is 1. The molecule has 0 fully saturated rings. The van der Waals surface area contributed by atoms with Gasteiger partial charge in [0.2, 0.25) is 0 Å². The highest BCUT2D eigenvalue weighted by Gasteiger charge is 2.11. The summed E-state index contributed by atoms with van der Waals surface area (Å²) in [5.41, 5.74) is -0.0819. The maximum atomic E-state index is 10.7. The molecule has 0 bridgehead atoms. The monoisotopic (exact) mass is 211 g/mol. The molecule has 0 radical (unpaired) electrons. The molecule has 1 heterocycles. The fraction of sp³-hybridized carbons (Fsp3) is 0.400. The summed E-state index contributed by atoms with van der Waals surface area (Å²) in [4.78, 5) is 14.4. The van der Waals surface area contributed by atoms with Gasteiger partial charge < -0.3 is 14.9 Å². The minimum atomic E-state index is -1.10. The van der Waals surface area contributed by atoms with Crippen LogP contribution in [0.2, 0.25) is 0 Å². The Balaban J connectivity index is 2.56. The van der Waals surface area contributed by atoms with Crippen LogP contribution in [0.3, 0.4) is 0 Å². The summed E-state index contributed by atoms with van der Waals surface area (Å²) in [7, 11) is 0. The van der Waals surface area contributed by atoms with Crippen LogP contribution in [0.15, 0.2) is 18.3 Å². The lowest BCUT2D eigenvalue weighted by Crippen LogP contribution is -2.06. The molecule has 2 N–H and O–H groups in total. The average Bonchev–Trinajstić information content (AvgIpc) is 2.25. The number of aliphatic hydroxyl groups excluding tert-OH is 1. The van der Waals surface area contributed by atoms with Crippen molar-refractivity contribution >= 4 is 5.97 Å². The van der Waals surface area contributed by atoms with Gasteiger partial charge in [0.25, 0.3) is 0 Å². The van der Waals surface area contributed by atoms with E-state index in [-0.39, 0.29) is 18.1 Å². The van der Waals surface area contributed by atoms with Crippen LogP contribution in [-0.4, -0.2) is 34.4 Å². The molecule has 1 aromatic heterocycles. The Morgan fingerprint density at radius 1 is 1.47 bits per heavy atom. The molecule has 1 rings (SSSR count). The summed E-state index contributed by atoms with van der Waals surface area (Å²) in [6.07, 6.45) is 2.73. The highest BCUT2D eigenvalue weighted by atomic mass is 16.5. The molecule has 0 atom stereocenters. The lowest BCUT2D eigenvalue weighted by atomic mass is 10.3. The Labute approximate surface area is 87.3 Å². The second-order valence-electron chi connectivity index (χ2n) is 2.93. The Morgan fingerprint density at radius 2 is 2.27 bits per heavy atom. The molecule has 5 heteroatoms. The first-order valence-electron chi connectivity index (χ1n) is 4.67. The second kappa shape index (κ2) is 5.98. The third-order valence-corrected chi connectivity index (χ3v) is 1.78. The Bertz CT molecular complexity index is 327. The largest absolute Gasteiger partial charge is 0.491 e. The van der Waals surface area contributed by atoms with Crippen molar-refractivity contribution < 1.29 is 19.7 Å². The van der Waals surface area contributed by atoms with Crippen LogP contribution < -0.4 is 4.74 Å². The summed E-state index contributed by atoms with van der Waals surface area (Å²) in [6, 6.07) is 3.18. The normalized spacial score (nSPS) is 9.93. The van der Waals surface area contributed by atoms with Crippen LogP contribution in [0.4, 0.5) is 0 Å². The maximum absolute atomic E-state index is 10.7. The highest BCUT2D eigenvalue weighted by Crippen LogP contribution is 2.15. The van der Waals surface area contributed by atoms with Gasteiger partial charge in [0.05, 0.1) is 6.61 Å². The molecule has 0 amide bonds. The molecule has 0 unspecified atom stereocenters. The van der Waals surface area contributed by atoms with Crippen LogP contribution in [0.5, 0.6) is 5.75 Å². The number of aliphatic hydroxyl groups is 1. The lowest BCUT2D eigenvalue weighted by Gasteiger charge is -2.07. The van der Waals surface area contributed by atoms with E-state index >= 15 is 0 Å². The first-order chi connectivity index (χ1) is 7.25. The van der Waals surface area contributed by atoms with E-state index in [4.69, 9.17) is 14.9 Å². The Kier molecular flexibility index (Phi) is 4.56. The summed E-state index contributed by atoms with van der Waals surface area (Å²) >= 11 is 0. The molecule has 15 heavy (non-hydrogen) atoms. The molecule has 0 aromatic carbocycles. The Morgan fingerprint density at radius 3 is 2.93 bits per heavy atom. The zero-order valence-corrected chi connectivity index (χ0v) is 8.22. The lowest BCUT2D eigenvalue weighted by molar-refractivity contribution is 0.0685. The second-order valence-corrected chi connectivity index (χ2v) is 2.93. The smallest absolute Gasteiger partial charge is 0.358 e. The number of carboxylic acids is 1. The summed E-state index contributed by atoms with van der Waals surface area (Å²) in [5, 5.41) is 17.3. The quantitative estimate of drug-likeness (QED) is 0.684. The van der Waals surface area contributed by atoms with Crippen LogP contribution in [0, 0.1) is 0 Å². The first-order valence-corrected chi connectivity index (χ1v) is 4.67. The zero-order chi connectivity index (χ0) is 11.1. The van der Waals surface area contributed by atoms with Gasteiger partial charge in [-0.2, -0.15) is 0 Å². The van der Waals surface area contributed by atoms with Gasteiger partial charge in [-0.15, -0.1) is 0 Å². The number of nitrogens with zero attached hydrogens (tertiary/aromatic N) is 1. The van der Waals surface area contributed by atoms with Crippen molar-refractivity contribution in [1.29, 1.82) is 0 Å². The number of hydrogen-bond acceptors (Lipinski definition) is 4. The van der Waals surface area contributed by atoms with Crippen LogP contribution in [-0.2, 0) is 0 Å². The van der Waals surface area contributed by atoms with E-state index < -0.39 is 5.97 Å². The standard InChI is InChI=1S/C10H13NO4/c12-6-1-2-7-15-8-4-3-5-11-9(8)10(13)14/h3-5,12H,1-2,6-7H2,(H,13,14). The Hall–Kier alpha value is -1.62. The number of hydrogen-bond donors (Lipinski definition) is 2. The molecule has 1 aromatic rings. The number of unbranched alkanes of at least 4 members (excludes halogenated alkanes) is 1. The van der Waals surface area contributed by atoms with E-state index in [9.17, 15) is 4.79 Å². The molecule has 0 aliphatic carbocycles. The molecule has 0 aliphatic heterocycles. The third-order valence-electron chi connectivity index (χ3n) is 1.78. The predicted octanol–water partition coefficient (Wildman–Crippen LogP) is 0.931. The minimum Gasteiger partial charge on any atom is -0.491 e. The topological polar surface area (TPSA) is 79.7 Å². The molecule has 82 valence electrons. The van der Waals surface area contributed by atoms with Crippen molar-refractivity contribution in [1.82, 2.24) is 4.98 Å².